The van der Waals surface area contributed by atoms with Gasteiger partial charge >= 0.3 is 0 Å². The minimum atomic E-state index is -1.74. The summed E-state index contributed by atoms with van der Waals surface area (Å²) >= 11 is 0. The van der Waals surface area contributed by atoms with Gasteiger partial charge in [0.2, 0.25) is 5.91 Å². The summed E-state index contributed by atoms with van der Waals surface area (Å²) in [6, 6.07) is -5.83. The standard InChI is InChI=1S/C24H46N6O13/c1-29-13-16(35)20-10(3-8(27)22(42-20)41-19-7(26)2-6(25)14(33)17(19)36)39-23(13)43-24-18(37)15(34)12(11(5-32)40-24)30-21(38)9(28)4-31/h6-20,22-24,29,31-37H,2-5,25-28H2,1H3,(H,30,38)/t6-,7?,8?,9+,10+,11?,12-,13?,14?,15+,16?,17-,18?,19-,20?,22+,23?,24-/m1/s1. The molecule has 19 nitrogen and oxygen atoms in total. The highest BCUT2D eigenvalue weighted by Crippen LogP contribution is 2.35. The van der Waals surface area contributed by atoms with E-state index in [0.29, 0.717) is 0 Å². The van der Waals surface area contributed by atoms with Gasteiger partial charge in [-0.3, -0.25) is 4.79 Å². The summed E-state index contributed by atoms with van der Waals surface area (Å²) in [5, 5.41) is 77.6. The molecule has 0 bridgehead atoms. The second kappa shape index (κ2) is 14.5. The molecule has 1 aliphatic carbocycles. The molecule has 4 rings (SSSR count). The van der Waals surface area contributed by atoms with Crippen LogP contribution in [0.15, 0.2) is 0 Å². The van der Waals surface area contributed by atoms with Crippen LogP contribution in [0.5, 0.6) is 0 Å². The van der Waals surface area contributed by atoms with E-state index in [1.165, 1.54) is 7.05 Å². The summed E-state index contributed by atoms with van der Waals surface area (Å²) in [6.45, 7) is -1.36. The van der Waals surface area contributed by atoms with Crippen LogP contribution in [0, 0.1) is 0 Å². The van der Waals surface area contributed by atoms with E-state index in [2.05, 4.69) is 10.6 Å². The fourth-order valence-electron chi connectivity index (χ4n) is 5.96. The van der Waals surface area contributed by atoms with Crippen LogP contribution >= 0.6 is 0 Å². The van der Waals surface area contributed by atoms with Crippen molar-refractivity contribution in [1.82, 2.24) is 10.6 Å². The lowest BCUT2D eigenvalue weighted by Gasteiger charge is -2.51. The van der Waals surface area contributed by atoms with Crippen LogP contribution in [0.1, 0.15) is 12.8 Å². The van der Waals surface area contributed by atoms with E-state index in [1.54, 1.807) is 0 Å². The number of fused-ring (bicyclic) bond motifs is 1. The molecule has 0 radical (unpaired) electrons. The summed E-state index contributed by atoms with van der Waals surface area (Å²) in [7, 11) is 1.51. The van der Waals surface area contributed by atoms with Crippen LogP contribution in [-0.2, 0) is 28.5 Å². The van der Waals surface area contributed by atoms with E-state index in [1.807, 2.05) is 0 Å². The highest BCUT2D eigenvalue weighted by molar-refractivity contribution is 5.82. The van der Waals surface area contributed by atoms with Gasteiger partial charge < -0.3 is 93.0 Å². The maximum atomic E-state index is 12.1. The fourth-order valence-corrected chi connectivity index (χ4v) is 5.96. The molecule has 0 aromatic carbocycles. The first kappa shape index (κ1) is 34.7. The molecule has 4 aliphatic rings. The van der Waals surface area contributed by atoms with Crippen molar-refractivity contribution in [3.8, 4) is 0 Å². The molecule has 9 unspecified atom stereocenters. The molecule has 17 N–H and O–H groups in total. The molecule has 19 heteroatoms. The molecule has 0 spiro atoms. The second-order valence-corrected chi connectivity index (χ2v) is 11.5. The maximum Gasteiger partial charge on any atom is 0.239 e. The molecule has 1 amide bonds. The number of aliphatic hydroxyl groups excluding tert-OH is 7. The average Bonchev–Trinajstić information content (AvgIpc) is 2.97. The molecule has 3 aliphatic heterocycles. The van der Waals surface area contributed by atoms with Crippen molar-refractivity contribution >= 4 is 5.91 Å². The Kier molecular flexibility index (Phi) is 11.7. The number of hydrogen-bond donors (Lipinski definition) is 13. The maximum absolute atomic E-state index is 12.1. The zero-order valence-corrected chi connectivity index (χ0v) is 23.6. The Labute approximate surface area is 247 Å². The molecular formula is C24H46N6O13. The largest absolute Gasteiger partial charge is 0.394 e. The van der Waals surface area contributed by atoms with Gasteiger partial charge in [-0.2, -0.15) is 0 Å². The highest BCUT2D eigenvalue weighted by Gasteiger charge is 2.54. The van der Waals surface area contributed by atoms with Crippen molar-refractivity contribution in [2.45, 2.75) is 123 Å². The molecule has 4 fully saturated rings. The van der Waals surface area contributed by atoms with Gasteiger partial charge in [-0.1, -0.05) is 0 Å². The molecule has 3 saturated heterocycles. The first-order valence-electron chi connectivity index (χ1n) is 14.2. The van der Waals surface area contributed by atoms with Gasteiger partial charge in [-0.25, -0.2) is 0 Å². The van der Waals surface area contributed by atoms with Crippen molar-refractivity contribution in [2.75, 3.05) is 20.3 Å². The molecule has 43 heavy (non-hydrogen) atoms. The van der Waals surface area contributed by atoms with Crippen molar-refractivity contribution in [3.63, 3.8) is 0 Å². The van der Waals surface area contributed by atoms with Crippen LogP contribution in [0.2, 0.25) is 0 Å². The summed E-state index contributed by atoms with van der Waals surface area (Å²) in [4.78, 5) is 12.1. The number of rotatable bonds is 9. The fraction of sp³-hybridized carbons (Fsp3) is 0.958. The van der Waals surface area contributed by atoms with E-state index >= 15 is 0 Å². The Morgan fingerprint density at radius 1 is 0.814 bits per heavy atom. The van der Waals surface area contributed by atoms with E-state index in [-0.39, 0.29) is 12.8 Å². The van der Waals surface area contributed by atoms with Crippen molar-refractivity contribution < 1.29 is 64.2 Å². The minimum absolute atomic E-state index is 0.0952. The molecule has 1 saturated carbocycles. The summed E-state index contributed by atoms with van der Waals surface area (Å²) in [6.07, 6.45) is -15.2. The first-order chi connectivity index (χ1) is 20.3. The third-order valence-corrected chi connectivity index (χ3v) is 8.53. The zero-order valence-electron chi connectivity index (χ0n) is 23.6. The third kappa shape index (κ3) is 7.13. The van der Waals surface area contributed by atoms with Gasteiger partial charge in [0.1, 0.15) is 48.8 Å². The average molecular weight is 627 g/mol. The van der Waals surface area contributed by atoms with E-state index in [9.17, 15) is 35.4 Å². The van der Waals surface area contributed by atoms with Gasteiger partial charge in [0.05, 0.1) is 43.5 Å². The van der Waals surface area contributed by atoms with E-state index in [0.717, 1.165) is 0 Å². The Hall–Kier alpha value is -1.21. The topological polar surface area (TPSA) is 333 Å². The molecule has 0 aromatic rings. The number of ether oxygens (including phenoxy) is 5. The van der Waals surface area contributed by atoms with Gasteiger partial charge in [-0.15, -0.1) is 0 Å². The molecule has 250 valence electrons. The number of likely N-dealkylation sites (N-methyl/N-ethyl adjacent to an activating group) is 1. The second-order valence-electron chi connectivity index (χ2n) is 11.5. The molecule has 18 atom stereocenters. The summed E-state index contributed by atoms with van der Waals surface area (Å²) in [5.41, 5.74) is 23.7. The van der Waals surface area contributed by atoms with Gasteiger partial charge in [0.15, 0.2) is 18.9 Å². The number of nitrogens with one attached hydrogen (secondary N) is 2. The predicted molar refractivity (Wildman–Crippen MR) is 142 cm³/mol. The third-order valence-electron chi connectivity index (χ3n) is 8.53. The van der Waals surface area contributed by atoms with Crippen molar-refractivity contribution in [1.29, 1.82) is 0 Å². The number of aliphatic hydroxyl groups is 7. The van der Waals surface area contributed by atoms with Crippen LogP contribution < -0.4 is 33.6 Å². The lowest BCUT2D eigenvalue weighted by Crippen LogP contribution is -2.70. The molecule has 3 heterocycles. The zero-order chi connectivity index (χ0) is 31.7. The lowest BCUT2D eigenvalue weighted by molar-refractivity contribution is -0.373. The van der Waals surface area contributed by atoms with Gasteiger partial charge in [-0.05, 0) is 19.9 Å². The van der Waals surface area contributed by atoms with Gasteiger partial charge in [0, 0.05) is 12.1 Å². The van der Waals surface area contributed by atoms with Crippen LogP contribution in [0.3, 0.4) is 0 Å². The summed E-state index contributed by atoms with van der Waals surface area (Å²) in [5.74, 6) is -0.837. The van der Waals surface area contributed by atoms with Crippen LogP contribution in [0.4, 0.5) is 0 Å². The minimum Gasteiger partial charge on any atom is -0.394 e. The monoisotopic (exact) mass is 626 g/mol. The Bertz CT molecular complexity index is 925. The Balaban J connectivity index is 1.42. The molecule has 0 aromatic heterocycles. The van der Waals surface area contributed by atoms with Crippen LogP contribution in [0.25, 0.3) is 0 Å². The predicted octanol–water partition coefficient (Wildman–Crippen LogP) is -8.47. The lowest BCUT2D eigenvalue weighted by atomic mass is 9.84. The molecular weight excluding hydrogens is 580 g/mol. The normalized spacial score (nSPS) is 49.6. The number of amides is 1. The van der Waals surface area contributed by atoms with Gasteiger partial charge in [0.25, 0.3) is 0 Å². The van der Waals surface area contributed by atoms with Crippen molar-refractivity contribution in [3.05, 3.63) is 0 Å². The SMILES string of the molecule is CNC1C(O[C@H]2OC(CO)[C@@H](NC(=O)[C@@H](N)CO)[C@H](O)C2O)O[C@H]2CC(N)[C@@H](O[C@@H]3C(N)C[C@@H](N)C(O)[C@H]3O)OC2C1O. The Morgan fingerprint density at radius 3 is 2.14 bits per heavy atom. The number of carbonyl (C=O) groups excluding carboxylic acids is 1. The smallest absolute Gasteiger partial charge is 0.239 e. The number of nitrogens with two attached hydrogens (primary N) is 4. The number of hydrogen-bond acceptors (Lipinski definition) is 18. The Morgan fingerprint density at radius 2 is 1.51 bits per heavy atom. The van der Waals surface area contributed by atoms with E-state index < -0.39 is 129 Å². The van der Waals surface area contributed by atoms with Crippen LogP contribution in [-0.4, -0.2) is 172 Å². The first-order valence-corrected chi connectivity index (χ1v) is 14.2. The number of carbonyl (C=O) groups is 1. The van der Waals surface area contributed by atoms with E-state index in [4.69, 9.17) is 51.7 Å². The quantitative estimate of drug-likeness (QED) is 0.113. The highest BCUT2D eigenvalue weighted by atomic mass is 16.8. The van der Waals surface area contributed by atoms with Crippen molar-refractivity contribution in [2.24, 2.45) is 22.9 Å². The summed E-state index contributed by atoms with van der Waals surface area (Å²) < 4.78 is 29.4.